The van der Waals surface area contributed by atoms with Crippen molar-refractivity contribution in [1.82, 2.24) is 0 Å². The molecule has 0 bridgehead atoms. The number of ether oxygens (including phenoxy) is 1. The molecule has 2 nitrogen and oxygen atoms in total. The van der Waals surface area contributed by atoms with Gasteiger partial charge in [-0.1, -0.05) is 121 Å². The van der Waals surface area contributed by atoms with Crippen LogP contribution in [-0.4, -0.2) is 0 Å². The topological polar surface area (TPSA) is 21.3 Å². The van der Waals surface area contributed by atoms with E-state index < -0.39 is 5.41 Å². The average molecular weight is 502 g/mol. The molecule has 39 heavy (non-hydrogen) atoms. The van der Waals surface area contributed by atoms with Crippen LogP contribution in [0.3, 0.4) is 0 Å². The van der Waals surface area contributed by atoms with Gasteiger partial charge in [-0.2, -0.15) is 0 Å². The molecule has 0 spiro atoms. The van der Waals surface area contributed by atoms with Crippen molar-refractivity contribution in [3.05, 3.63) is 180 Å². The van der Waals surface area contributed by atoms with Gasteiger partial charge in [0.25, 0.3) is 0 Å². The Morgan fingerprint density at radius 1 is 0.410 bits per heavy atom. The Hall–Kier alpha value is -5.08. The predicted molar refractivity (Wildman–Crippen MR) is 160 cm³/mol. The molecule has 0 amide bonds. The highest BCUT2D eigenvalue weighted by molar-refractivity contribution is 5.72. The standard InChI is InChI=1S/C37H27NO/c1-3-12-27(13-4-1)28-22-24-31(25-23-28)38-32-17-11-16-30(26-32)37(29-14-5-2-6-15-29)33-18-7-9-20-35(33)39-36-21-10-8-19-34(36)37/h1-26,38H. The van der Waals surface area contributed by atoms with E-state index in [0.29, 0.717) is 0 Å². The Bertz CT molecular complexity index is 1700. The quantitative estimate of drug-likeness (QED) is 0.253. The van der Waals surface area contributed by atoms with E-state index in [0.717, 1.165) is 34.0 Å². The first kappa shape index (κ1) is 23.1. The molecule has 1 N–H and O–H groups in total. The van der Waals surface area contributed by atoms with E-state index >= 15 is 0 Å². The lowest BCUT2D eigenvalue weighted by atomic mass is 9.63. The van der Waals surface area contributed by atoms with Crippen LogP contribution in [0.15, 0.2) is 158 Å². The van der Waals surface area contributed by atoms with Crippen molar-refractivity contribution < 1.29 is 4.74 Å². The van der Waals surface area contributed by atoms with Crippen molar-refractivity contribution in [2.45, 2.75) is 5.41 Å². The third-order valence-electron chi connectivity index (χ3n) is 7.59. The molecule has 186 valence electrons. The number of rotatable bonds is 5. The third kappa shape index (κ3) is 3.98. The van der Waals surface area contributed by atoms with Gasteiger partial charge in [-0.15, -0.1) is 0 Å². The summed E-state index contributed by atoms with van der Waals surface area (Å²) < 4.78 is 6.43. The highest BCUT2D eigenvalue weighted by Crippen LogP contribution is 2.55. The molecule has 0 atom stereocenters. The van der Waals surface area contributed by atoms with Crippen molar-refractivity contribution >= 4 is 11.4 Å². The minimum Gasteiger partial charge on any atom is -0.457 e. The lowest BCUT2D eigenvalue weighted by Gasteiger charge is -2.41. The normalized spacial score (nSPS) is 13.0. The van der Waals surface area contributed by atoms with Crippen LogP contribution < -0.4 is 10.1 Å². The first-order valence-corrected chi connectivity index (χ1v) is 13.3. The first-order valence-electron chi connectivity index (χ1n) is 13.3. The van der Waals surface area contributed by atoms with Crippen LogP contribution in [0.2, 0.25) is 0 Å². The Kier molecular flexibility index (Phi) is 5.71. The zero-order valence-corrected chi connectivity index (χ0v) is 21.4. The van der Waals surface area contributed by atoms with Gasteiger partial charge in [0, 0.05) is 22.5 Å². The fraction of sp³-hybridized carbons (Fsp3) is 0.0270. The second kappa shape index (κ2) is 9.66. The fourth-order valence-corrected chi connectivity index (χ4v) is 5.84. The highest BCUT2D eigenvalue weighted by atomic mass is 16.5. The summed E-state index contributed by atoms with van der Waals surface area (Å²) in [6.07, 6.45) is 0. The zero-order chi connectivity index (χ0) is 26.1. The molecule has 0 saturated heterocycles. The number of nitrogens with one attached hydrogen (secondary N) is 1. The molecule has 0 fully saturated rings. The van der Waals surface area contributed by atoms with Crippen molar-refractivity contribution in [1.29, 1.82) is 0 Å². The molecular formula is C37H27NO. The van der Waals surface area contributed by atoms with Crippen molar-refractivity contribution in [2.24, 2.45) is 0 Å². The smallest absolute Gasteiger partial charge is 0.132 e. The van der Waals surface area contributed by atoms with Crippen molar-refractivity contribution in [3.8, 4) is 22.6 Å². The van der Waals surface area contributed by atoms with Crippen LogP contribution >= 0.6 is 0 Å². The summed E-state index contributed by atoms with van der Waals surface area (Å²) in [7, 11) is 0. The molecule has 1 aliphatic heterocycles. The van der Waals surface area contributed by atoms with Crippen LogP contribution in [-0.2, 0) is 5.41 Å². The summed E-state index contributed by atoms with van der Waals surface area (Å²) in [6, 6.07) is 55.4. The second-order valence-electron chi connectivity index (χ2n) is 9.86. The van der Waals surface area contributed by atoms with Gasteiger partial charge in [0.15, 0.2) is 0 Å². The van der Waals surface area contributed by atoms with E-state index in [2.05, 4.69) is 145 Å². The zero-order valence-electron chi connectivity index (χ0n) is 21.4. The van der Waals surface area contributed by atoms with E-state index in [1.54, 1.807) is 0 Å². The number of hydrogen-bond donors (Lipinski definition) is 1. The Balaban J connectivity index is 1.36. The summed E-state index contributed by atoms with van der Waals surface area (Å²) in [5.74, 6) is 1.77. The molecule has 6 aromatic carbocycles. The van der Waals surface area contributed by atoms with Gasteiger partial charge in [0.05, 0.1) is 5.41 Å². The number of benzene rings is 6. The van der Waals surface area contributed by atoms with Crippen LogP contribution in [0.1, 0.15) is 22.3 Å². The predicted octanol–water partition coefficient (Wildman–Crippen LogP) is 9.59. The molecule has 7 rings (SSSR count). The van der Waals surface area contributed by atoms with Crippen LogP contribution in [0.25, 0.3) is 11.1 Å². The van der Waals surface area contributed by atoms with E-state index in [1.165, 1.54) is 22.3 Å². The molecule has 2 heteroatoms. The van der Waals surface area contributed by atoms with Gasteiger partial charge >= 0.3 is 0 Å². The Morgan fingerprint density at radius 3 is 1.62 bits per heavy atom. The van der Waals surface area contributed by atoms with Gasteiger partial charge in [0.2, 0.25) is 0 Å². The minimum atomic E-state index is -0.526. The molecule has 0 aliphatic carbocycles. The SMILES string of the molecule is c1ccc(-c2ccc(Nc3cccc(C4(c5ccccc5)c5ccccc5Oc5ccccc54)c3)cc2)cc1. The third-order valence-corrected chi connectivity index (χ3v) is 7.59. The minimum absolute atomic E-state index is 0.526. The van der Waals surface area contributed by atoms with Gasteiger partial charge < -0.3 is 10.1 Å². The summed E-state index contributed by atoms with van der Waals surface area (Å²) in [6.45, 7) is 0. The molecule has 0 unspecified atom stereocenters. The number of para-hydroxylation sites is 2. The van der Waals surface area contributed by atoms with Gasteiger partial charge in [-0.3, -0.25) is 0 Å². The highest BCUT2D eigenvalue weighted by Gasteiger charge is 2.45. The Morgan fingerprint density at radius 2 is 0.949 bits per heavy atom. The maximum Gasteiger partial charge on any atom is 0.132 e. The molecule has 0 aromatic heterocycles. The number of anilines is 2. The van der Waals surface area contributed by atoms with Crippen LogP contribution in [0.4, 0.5) is 11.4 Å². The molecular weight excluding hydrogens is 474 g/mol. The lowest BCUT2D eigenvalue weighted by molar-refractivity contribution is 0.434. The largest absolute Gasteiger partial charge is 0.457 e. The maximum absolute atomic E-state index is 6.43. The van der Waals surface area contributed by atoms with E-state index in [-0.39, 0.29) is 0 Å². The van der Waals surface area contributed by atoms with Gasteiger partial charge in [0.1, 0.15) is 11.5 Å². The monoisotopic (exact) mass is 501 g/mol. The lowest BCUT2D eigenvalue weighted by Crippen LogP contribution is -2.34. The first-order chi connectivity index (χ1) is 19.3. The van der Waals surface area contributed by atoms with E-state index in [4.69, 9.17) is 4.74 Å². The molecule has 0 saturated carbocycles. The Labute approximate surface area is 229 Å². The van der Waals surface area contributed by atoms with Crippen LogP contribution in [0.5, 0.6) is 11.5 Å². The molecule has 6 aromatic rings. The fourth-order valence-electron chi connectivity index (χ4n) is 5.84. The number of fused-ring (bicyclic) bond motifs is 2. The molecule has 1 aliphatic rings. The summed E-state index contributed by atoms with van der Waals surface area (Å²) in [5.41, 5.74) is 8.65. The molecule has 1 heterocycles. The van der Waals surface area contributed by atoms with Gasteiger partial charge in [-0.25, -0.2) is 0 Å². The molecule has 0 radical (unpaired) electrons. The summed E-state index contributed by atoms with van der Waals surface area (Å²) in [4.78, 5) is 0. The van der Waals surface area contributed by atoms with Crippen molar-refractivity contribution in [2.75, 3.05) is 5.32 Å². The second-order valence-corrected chi connectivity index (χ2v) is 9.86. The maximum atomic E-state index is 6.43. The van der Waals surface area contributed by atoms with Crippen molar-refractivity contribution in [3.63, 3.8) is 0 Å². The summed E-state index contributed by atoms with van der Waals surface area (Å²) >= 11 is 0. The average Bonchev–Trinajstić information content (AvgIpc) is 3.01. The summed E-state index contributed by atoms with van der Waals surface area (Å²) in [5, 5.41) is 3.65. The number of hydrogen-bond acceptors (Lipinski definition) is 2. The van der Waals surface area contributed by atoms with Gasteiger partial charge in [-0.05, 0) is 58.7 Å². The van der Waals surface area contributed by atoms with E-state index in [1.807, 2.05) is 18.2 Å². The van der Waals surface area contributed by atoms with E-state index in [9.17, 15) is 0 Å². The van der Waals surface area contributed by atoms with Crippen LogP contribution in [0, 0.1) is 0 Å².